The summed E-state index contributed by atoms with van der Waals surface area (Å²) in [5.41, 5.74) is 2.47. The van der Waals surface area contributed by atoms with Crippen molar-refractivity contribution in [3.05, 3.63) is 41.5 Å². The predicted octanol–water partition coefficient (Wildman–Crippen LogP) is 3.81. The lowest BCUT2D eigenvalue weighted by Crippen LogP contribution is -2.10. The summed E-state index contributed by atoms with van der Waals surface area (Å²) in [7, 11) is 0. The number of benzene rings is 1. The van der Waals surface area contributed by atoms with Gasteiger partial charge in [-0.3, -0.25) is 4.79 Å². The molecule has 16 heavy (non-hydrogen) atoms. The fourth-order valence-corrected chi connectivity index (χ4v) is 1.42. The van der Waals surface area contributed by atoms with Crippen LogP contribution in [0.1, 0.15) is 31.9 Å². The summed E-state index contributed by atoms with van der Waals surface area (Å²) in [6.45, 7) is 6.53. The third kappa shape index (κ3) is 3.82. The van der Waals surface area contributed by atoms with Gasteiger partial charge in [-0.2, -0.15) is 0 Å². The van der Waals surface area contributed by atoms with E-state index in [1.165, 1.54) is 11.6 Å². The summed E-state index contributed by atoms with van der Waals surface area (Å²) in [6, 6.07) is 8.20. The van der Waals surface area contributed by atoms with Crippen LogP contribution < -0.4 is 0 Å². The first-order valence-corrected chi connectivity index (χ1v) is 5.84. The lowest BCUT2D eigenvalue weighted by molar-refractivity contribution is -0.112. The Labute approximate surface area is 102 Å². The first-order chi connectivity index (χ1) is 7.43. The largest absolute Gasteiger partial charge is 0.294 e. The number of rotatable bonds is 3. The number of halogens is 1. The topological polar surface area (TPSA) is 17.1 Å². The van der Waals surface area contributed by atoms with E-state index in [1.807, 2.05) is 12.1 Å². The van der Waals surface area contributed by atoms with E-state index in [9.17, 15) is 4.79 Å². The van der Waals surface area contributed by atoms with Crippen LogP contribution in [0.5, 0.6) is 0 Å². The monoisotopic (exact) mass is 236 g/mol. The number of hydrogen-bond donors (Lipinski definition) is 0. The standard InChI is InChI=1S/C14H17ClO/c1-14(2,3)12-7-4-11(5-8-12)6-9-13(16)10-15/h4-9H,10H2,1-3H3. The molecule has 0 unspecified atom stereocenters. The zero-order chi connectivity index (χ0) is 12.2. The molecule has 0 spiro atoms. The van der Waals surface area contributed by atoms with Gasteiger partial charge in [-0.25, -0.2) is 0 Å². The van der Waals surface area contributed by atoms with Crippen molar-refractivity contribution in [1.29, 1.82) is 0 Å². The molecular weight excluding hydrogens is 220 g/mol. The maximum Gasteiger partial charge on any atom is 0.170 e. The average Bonchev–Trinajstić information content (AvgIpc) is 2.25. The highest BCUT2D eigenvalue weighted by atomic mass is 35.5. The maximum absolute atomic E-state index is 11.0. The fourth-order valence-electron chi connectivity index (χ4n) is 1.33. The van der Waals surface area contributed by atoms with Crippen molar-refractivity contribution in [2.24, 2.45) is 0 Å². The Morgan fingerprint density at radius 1 is 1.25 bits per heavy atom. The van der Waals surface area contributed by atoms with Crippen molar-refractivity contribution >= 4 is 23.5 Å². The van der Waals surface area contributed by atoms with Gasteiger partial charge in [0.2, 0.25) is 0 Å². The minimum atomic E-state index is -0.0680. The maximum atomic E-state index is 11.0. The van der Waals surface area contributed by atoms with Crippen LogP contribution in [0.2, 0.25) is 0 Å². The first-order valence-electron chi connectivity index (χ1n) is 5.31. The minimum Gasteiger partial charge on any atom is -0.294 e. The third-order valence-corrected chi connectivity index (χ3v) is 2.63. The minimum absolute atomic E-state index is 0.0383. The van der Waals surface area contributed by atoms with Crippen LogP contribution in [0.3, 0.4) is 0 Å². The van der Waals surface area contributed by atoms with E-state index in [0.717, 1.165) is 5.56 Å². The number of hydrogen-bond acceptors (Lipinski definition) is 1. The van der Waals surface area contributed by atoms with Gasteiger partial charge in [-0.05, 0) is 22.6 Å². The van der Waals surface area contributed by atoms with Crippen molar-refractivity contribution in [2.45, 2.75) is 26.2 Å². The predicted molar refractivity (Wildman–Crippen MR) is 69.9 cm³/mol. The van der Waals surface area contributed by atoms with Gasteiger partial charge in [0, 0.05) is 0 Å². The normalized spacial score (nSPS) is 12.0. The summed E-state index contributed by atoms with van der Waals surface area (Å²) in [5, 5.41) is 0. The highest BCUT2D eigenvalue weighted by molar-refractivity contribution is 6.29. The van der Waals surface area contributed by atoms with Gasteiger partial charge in [0.15, 0.2) is 5.78 Å². The molecule has 0 aliphatic carbocycles. The highest BCUT2D eigenvalue weighted by Crippen LogP contribution is 2.22. The molecule has 0 N–H and O–H groups in total. The number of carbonyl (C=O) groups is 1. The molecule has 0 fully saturated rings. The van der Waals surface area contributed by atoms with Crippen LogP contribution >= 0.6 is 11.6 Å². The van der Waals surface area contributed by atoms with Crippen LogP contribution in [0.4, 0.5) is 0 Å². The Kier molecular flexibility index (Phi) is 4.31. The fraction of sp³-hybridized carbons (Fsp3) is 0.357. The smallest absolute Gasteiger partial charge is 0.170 e. The second-order valence-electron chi connectivity index (χ2n) is 4.81. The summed E-state index contributed by atoms with van der Waals surface area (Å²) in [5.74, 6) is -0.0297. The van der Waals surface area contributed by atoms with Gasteiger partial charge in [0.05, 0.1) is 5.88 Å². The Balaban J connectivity index is 2.80. The lowest BCUT2D eigenvalue weighted by atomic mass is 9.87. The van der Waals surface area contributed by atoms with Gasteiger partial charge in [0.1, 0.15) is 0 Å². The van der Waals surface area contributed by atoms with Crippen molar-refractivity contribution in [2.75, 3.05) is 5.88 Å². The Bertz CT molecular complexity index is 382. The molecule has 86 valence electrons. The van der Waals surface area contributed by atoms with Crippen LogP contribution in [0, 0.1) is 0 Å². The third-order valence-electron chi connectivity index (χ3n) is 2.37. The summed E-state index contributed by atoms with van der Waals surface area (Å²) >= 11 is 5.40. The van der Waals surface area contributed by atoms with E-state index in [4.69, 9.17) is 11.6 Å². The van der Waals surface area contributed by atoms with Crippen LogP contribution in [0.15, 0.2) is 30.3 Å². The molecular formula is C14H17ClO. The molecule has 1 rings (SSSR count). The van der Waals surface area contributed by atoms with Crippen molar-refractivity contribution in [3.63, 3.8) is 0 Å². The number of allylic oxidation sites excluding steroid dienone is 1. The zero-order valence-corrected chi connectivity index (χ0v) is 10.7. The second kappa shape index (κ2) is 5.31. The molecule has 0 aliphatic rings. The lowest BCUT2D eigenvalue weighted by Gasteiger charge is -2.18. The second-order valence-corrected chi connectivity index (χ2v) is 5.07. The van der Waals surface area contributed by atoms with Crippen LogP contribution in [-0.4, -0.2) is 11.7 Å². The molecule has 0 saturated carbocycles. The Morgan fingerprint density at radius 2 is 1.81 bits per heavy atom. The van der Waals surface area contributed by atoms with Crippen molar-refractivity contribution in [1.82, 2.24) is 0 Å². The van der Waals surface area contributed by atoms with Gasteiger partial charge in [-0.1, -0.05) is 51.1 Å². The van der Waals surface area contributed by atoms with E-state index in [1.54, 1.807) is 6.08 Å². The van der Waals surface area contributed by atoms with E-state index in [-0.39, 0.29) is 17.1 Å². The summed E-state index contributed by atoms with van der Waals surface area (Å²) < 4.78 is 0. The van der Waals surface area contributed by atoms with Crippen molar-refractivity contribution in [3.8, 4) is 0 Å². The zero-order valence-electron chi connectivity index (χ0n) is 9.96. The Morgan fingerprint density at radius 3 is 2.25 bits per heavy atom. The SMILES string of the molecule is CC(C)(C)c1ccc(C=CC(=O)CCl)cc1. The van der Waals surface area contributed by atoms with Crippen LogP contribution in [-0.2, 0) is 10.2 Å². The molecule has 0 aliphatic heterocycles. The molecule has 2 heteroatoms. The molecule has 0 saturated heterocycles. The molecule has 0 bridgehead atoms. The van der Waals surface area contributed by atoms with Gasteiger partial charge >= 0.3 is 0 Å². The molecule has 1 nitrogen and oxygen atoms in total. The Hall–Kier alpha value is -1.08. The van der Waals surface area contributed by atoms with E-state index in [2.05, 4.69) is 32.9 Å². The average molecular weight is 237 g/mol. The number of alkyl halides is 1. The van der Waals surface area contributed by atoms with Gasteiger partial charge in [0.25, 0.3) is 0 Å². The molecule has 1 aromatic carbocycles. The van der Waals surface area contributed by atoms with E-state index < -0.39 is 0 Å². The molecule has 0 aromatic heterocycles. The molecule has 0 heterocycles. The van der Waals surface area contributed by atoms with E-state index >= 15 is 0 Å². The quantitative estimate of drug-likeness (QED) is 0.576. The molecule has 1 aromatic rings. The summed E-state index contributed by atoms with van der Waals surface area (Å²) in [6.07, 6.45) is 3.30. The molecule has 0 amide bonds. The highest BCUT2D eigenvalue weighted by Gasteiger charge is 2.12. The van der Waals surface area contributed by atoms with Crippen LogP contribution in [0.25, 0.3) is 6.08 Å². The first kappa shape index (κ1) is 13.0. The molecule has 0 atom stereocenters. The van der Waals surface area contributed by atoms with E-state index in [0.29, 0.717) is 0 Å². The van der Waals surface area contributed by atoms with Crippen molar-refractivity contribution < 1.29 is 4.79 Å². The number of ketones is 1. The van der Waals surface area contributed by atoms with Gasteiger partial charge in [-0.15, -0.1) is 11.6 Å². The van der Waals surface area contributed by atoms with Gasteiger partial charge < -0.3 is 0 Å². The summed E-state index contributed by atoms with van der Waals surface area (Å²) in [4.78, 5) is 11.0. The number of carbonyl (C=O) groups excluding carboxylic acids is 1. The molecule has 0 radical (unpaired) electrons.